The summed E-state index contributed by atoms with van der Waals surface area (Å²) in [5.41, 5.74) is 1.89. The molecular formula is C11H10N2O2S. The van der Waals surface area contributed by atoms with E-state index < -0.39 is 6.09 Å². The average molecular weight is 234 g/mol. The number of rotatable bonds is 1. The standard InChI is InChI=1S/C11H10N2O2S/c1-8-7-16-10(12-11(14)15)13(8)9-5-3-2-4-6-9/h2-7H,1H3,(H,14,15)/b12-10+. The van der Waals surface area contributed by atoms with Crippen LogP contribution in [0.5, 0.6) is 0 Å². The summed E-state index contributed by atoms with van der Waals surface area (Å²) in [6, 6.07) is 9.56. The Morgan fingerprint density at radius 1 is 1.38 bits per heavy atom. The van der Waals surface area contributed by atoms with Gasteiger partial charge in [0.25, 0.3) is 0 Å². The van der Waals surface area contributed by atoms with Crippen LogP contribution in [0.4, 0.5) is 4.79 Å². The van der Waals surface area contributed by atoms with Gasteiger partial charge in [0, 0.05) is 16.8 Å². The average Bonchev–Trinajstić information content (AvgIpc) is 2.60. The number of aromatic nitrogens is 1. The first-order valence-corrected chi connectivity index (χ1v) is 5.56. The first-order chi connectivity index (χ1) is 7.68. The molecule has 0 fully saturated rings. The number of hydrogen-bond acceptors (Lipinski definition) is 2. The van der Waals surface area contributed by atoms with Crippen molar-refractivity contribution in [2.45, 2.75) is 6.92 Å². The molecule has 0 radical (unpaired) electrons. The van der Waals surface area contributed by atoms with Crippen LogP contribution in [-0.2, 0) is 0 Å². The molecule has 4 nitrogen and oxygen atoms in total. The molecule has 1 heterocycles. The first kappa shape index (κ1) is 10.6. The first-order valence-electron chi connectivity index (χ1n) is 4.68. The minimum Gasteiger partial charge on any atom is -0.463 e. The summed E-state index contributed by atoms with van der Waals surface area (Å²) < 4.78 is 1.82. The number of hydrogen-bond donors (Lipinski definition) is 1. The molecule has 0 aliphatic rings. The highest BCUT2D eigenvalue weighted by atomic mass is 32.1. The van der Waals surface area contributed by atoms with Crippen LogP contribution in [0.3, 0.4) is 0 Å². The molecule has 16 heavy (non-hydrogen) atoms. The van der Waals surface area contributed by atoms with Gasteiger partial charge in [0.15, 0.2) is 0 Å². The van der Waals surface area contributed by atoms with E-state index in [4.69, 9.17) is 5.11 Å². The van der Waals surface area contributed by atoms with E-state index in [-0.39, 0.29) is 0 Å². The van der Waals surface area contributed by atoms with Crippen LogP contribution in [-0.4, -0.2) is 15.8 Å². The van der Waals surface area contributed by atoms with Crippen LogP contribution in [0.25, 0.3) is 5.69 Å². The largest absolute Gasteiger partial charge is 0.463 e. The van der Waals surface area contributed by atoms with Crippen molar-refractivity contribution in [2.75, 3.05) is 0 Å². The van der Waals surface area contributed by atoms with Gasteiger partial charge in [-0.25, -0.2) is 4.79 Å². The molecule has 0 bridgehead atoms. The lowest BCUT2D eigenvalue weighted by atomic mass is 10.3. The number of nitrogens with zero attached hydrogens (tertiary/aromatic N) is 2. The highest BCUT2D eigenvalue weighted by Crippen LogP contribution is 2.09. The molecule has 82 valence electrons. The molecule has 2 aromatic rings. The maximum absolute atomic E-state index is 10.6. The molecule has 5 heteroatoms. The lowest BCUT2D eigenvalue weighted by molar-refractivity contribution is 0.204. The molecule has 0 saturated carbocycles. The molecule has 0 aliphatic heterocycles. The van der Waals surface area contributed by atoms with Crippen molar-refractivity contribution in [1.82, 2.24) is 4.57 Å². The van der Waals surface area contributed by atoms with E-state index in [1.165, 1.54) is 11.3 Å². The lowest BCUT2D eigenvalue weighted by Crippen LogP contribution is -2.15. The molecule has 1 aromatic carbocycles. The third-order valence-electron chi connectivity index (χ3n) is 2.08. The van der Waals surface area contributed by atoms with E-state index in [1.807, 2.05) is 47.2 Å². The summed E-state index contributed by atoms with van der Waals surface area (Å²) in [5, 5.41) is 10.6. The number of benzene rings is 1. The van der Waals surface area contributed by atoms with E-state index in [2.05, 4.69) is 4.99 Å². The van der Waals surface area contributed by atoms with Gasteiger partial charge in [-0.2, -0.15) is 0 Å². The minimum atomic E-state index is -1.17. The predicted molar refractivity (Wildman–Crippen MR) is 62.0 cm³/mol. The molecule has 0 saturated heterocycles. The highest BCUT2D eigenvalue weighted by molar-refractivity contribution is 7.07. The maximum atomic E-state index is 10.6. The third kappa shape index (κ3) is 2.04. The Bertz CT molecular complexity index is 569. The Morgan fingerprint density at radius 2 is 2.06 bits per heavy atom. The summed E-state index contributed by atoms with van der Waals surface area (Å²) >= 11 is 1.31. The second-order valence-corrected chi connectivity index (χ2v) is 4.06. The smallest absolute Gasteiger partial charge is 0.433 e. The van der Waals surface area contributed by atoms with Crippen molar-refractivity contribution in [1.29, 1.82) is 0 Å². The summed E-state index contributed by atoms with van der Waals surface area (Å²) in [5.74, 6) is 0. The van der Waals surface area contributed by atoms with Gasteiger partial charge in [-0.15, -0.1) is 16.3 Å². The lowest BCUT2D eigenvalue weighted by Gasteiger charge is -2.04. The molecule has 1 amide bonds. The maximum Gasteiger partial charge on any atom is 0.433 e. The summed E-state index contributed by atoms with van der Waals surface area (Å²) in [4.78, 5) is 14.6. The van der Waals surface area contributed by atoms with Crippen molar-refractivity contribution >= 4 is 17.4 Å². The Balaban J connectivity index is 2.65. The van der Waals surface area contributed by atoms with Gasteiger partial charge in [-0.05, 0) is 19.1 Å². The zero-order chi connectivity index (χ0) is 11.5. The molecular weight excluding hydrogens is 224 g/mol. The molecule has 0 unspecified atom stereocenters. The van der Waals surface area contributed by atoms with Gasteiger partial charge in [-0.1, -0.05) is 18.2 Å². The normalized spacial score (nSPS) is 11.7. The van der Waals surface area contributed by atoms with Crippen molar-refractivity contribution in [3.05, 3.63) is 46.2 Å². The number of thiazole rings is 1. The number of para-hydroxylation sites is 1. The summed E-state index contributed by atoms with van der Waals surface area (Å²) in [6.45, 7) is 1.92. The quantitative estimate of drug-likeness (QED) is 0.823. The van der Waals surface area contributed by atoms with Crippen LogP contribution in [0, 0.1) is 6.92 Å². The van der Waals surface area contributed by atoms with Crippen LogP contribution < -0.4 is 4.80 Å². The fourth-order valence-electron chi connectivity index (χ4n) is 1.44. The zero-order valence-electron chi connectivity index (χ0n) is 8.62. The van der Waals surface area contributed by atoms with Crippen molar-refractivity contribution < 1.29 is 9.90 Å². The molecule has 0 atom stereocenters. The van der Waals surface area contributed by atoms with Crippen LogP contribution in [0.2, 0.25) is 0 Å². The van der Waals surface area contributed by atoms with Crippen LogP contribution >= 0.6 is 11.3 Å². The van der Waals surface area contributed by atoms with E-state index in [0.717, 1.165) is 11.4 Å². The summed E-state index contributed by atoms with van der Waals surface area (Å²) in [7, 11) is 0. The topological polar surface area (TPSA) is 54.6 Å². The number of aryl methyl sites for hydroxylation is 1. The Labute approximate surface area is 96.1 Å². The Morgan fingerprint density at radius 3 is 2.69 bits per heavy atom. The third-order valence-corrected chi connectivity index (χ3v) is 3.03. The van der Waals surface area contributed by atoms with E-state index >= 15 is 0 Å². The number of carboxylic acid groups (broad SMARTS) is 1. The second kappa shape index (κ2) is 4.32. The van der Waals surface area contributed by atoms with Crippen molar-refractivity contribution in [2.24, 2.45) is 4.99 Å². The van der Waals surface area contributed by atoms with Gasteiger partial charge in [0.05, 0.1) is 0 Å². The number of carbonyl (C=O) groups is 1. The SMILES string of the molecule is Cc1cs/c(=N/C(=O)O)n1-c1ccccc1. The van der Waals surface area contributed by atoms with E-state index in [1.54, 1.807) is 0 Å². The Kier molecular flexibility index (Phi) is 2.87. The van der Waals surface area contributed by atoms with Gasteiger partial charge in [-0.3, -0.25) is 4.57 Å². The van der Waals surface area contributed by atoms with Crippen LogP contribution in [0.15, 0.2) is 40.7 Å². The second-order valence-electron chi connectivity index (χ2n) is 3.22. The molecule has 0 spiro atoms. The fraction of sp³-hybridized carbons (Fsp3) is 0.0909. The Hall–Kier alpha value is -1.88. The fourth-order valence-corrected chi connectivity index (χ4v) is 2.31. The van der Waals surface area contributed by atoms with Gasteiger partial charge in [0.1, 0.15) is 0 Å². The van der Waals surface area contributed by atoms with Crippen LogP contribution in [0.1, 0.15) is 5.69 Å². The van der Waals surface area contributed by atoms with Crippen molar-refractivity contribution in [3.63, 3.8) is 0 Å². The van der Waals surface area contributed by atoms with Gasteiger partial charge < -0.3 is 5.11 Å². The number of amides is 1. The highest BCUT2D eigenvalue weighted by Gasteiger charge is 2.04. The minimum absolute atomic E-state index is 0.469. The van der Waals surface area contributed by atoms with Gasteiger partial charge >= 0.3 is 6.09 Å². The molecule has 1 N–H and O–H groups in total. The molecule has 0 aliphatic carbocycles. The van der Waals surface area contributed by atoms with Crippen molar-refractivity contribution in [3.8, 4) is 5.69 Å². The summed E-state index contributed by atoms with van der Waals surface area (Å²) in [6.07, 6.45) is -1.17. The monoisotopic (exact) mass is 234 g/mol. The van der Waals surface area contributed by atoms with E-state index in [0.29, 0.717) is 4.80 Å². The molecule has 1 aromatic heterocycles. The molecule has 2 rings (SSSR count). The predicted octanol–water partition coefficient (Wildman–Crippen LogP) is 2.43. The van der Waals surface area contributed by atoms with Gasteiger partial charge in [0.2, 0.25) is 4.80 Å². The zero-order valence-corrected chi connectivity index (χ0v) is 9.44. The van der Waals surface area contributed by atoms with E-state index in [9.17, 15) is 4.79 Å².